The molecule has 1 heteroatoms. The van der Waals surface area contributed by atoms with Crippen LogP contribution in [0.4, 0.5) is 0 Å². The standard InChI is InChI=1S/C9H12O/c1-3-5-6-9(4-2)7-8-10/h3-6,8H,1,7H2,2H3/b6-5-,9-4+. The Morgan fingerprint density at radius 2 is 2.30 bits per heavy atom. The van der Waals surface area contributed by atoms with Gasteiger partial charge in [-0.05, 0) is 12.5 Å². The van der Waals surface area contributed by atoms with E-state index in [4.69, 9.17) is 0 Å². The van der Waals surface area contributed by atoms with Crippen LogP contribution in [0.5, 0.6) is 0 Å². The second-order valence-corrected chi connectivity index (χ2v) is 1.83. The Hall–Kier alpha value is -1.11. The Balaban J connectivity index is 3.95. The normalized spacial score (nSPS) is 11.9. The molecule has 0 aromatic heterocycles. The van der Waals surface area contributed by atoms with Crippen molar-refractivity contribution in [1.29, 1.82) is 0 Å². The van der Waals surface area contributed by atoms with Crippen molar-refractivity contribution < 1.29 is 4.79 Å². The van der Waals surface area contributed by atoms with E-state index in [1.54, 1.807) is 6.08 Å². The molecule has 0 amide bonds. The van der Waals surface area contributed by atoms with E-state index in [-0.39, 0.29) is 0 Å². The second-order valence-electron chi connectivity index (χ2n) is 1.83. The van der Waals surface area contributed by atoms with Gasteiger partial charge in [0.25, 0.3) is 0 Å². The van der Waals surface area contributed by atoms with Crippen molar-refractivity contribution in [1.82, 2.24) is 0 Å². The topological polar surface area (TPSA) is 17.1 Å². The van der Waals surface area contributed by atoms with Gasteiger partial charge in [-0.25, -0.2) is 0 Å². The number of allylic oxidation sites excluding steroid dienone is 5. The van der Waals surface area contributed by atoms with Crippen LogP contribution in [0, 0.1) is 0 Å². The molecule has 0 atom stereocenters. The summed E-state index contributed by atoms with van der Waals surface area (Å²) in [5, 5.41) is 0. The highest BCUT2D eigenvalue weighted by atomic mass is 16.1. The zero-order valence-corrected chi connectivity index (χ0v) is 6.21. The molecule has 0 rings (SSSR count). The van der Waals surface area contributed by atoms with E-state index >= 15 is 0 Å². The quantitative estimate of drug-likeness (QED) is 0.428. The number of carbonyl (C=O) groups excluding carboxylic acids is 1. The van der Waals surface area contributed by atoms with Crippen molar-refractivity contribution in [2.75, 3.05) is 0 Å². The van der Waals surface area contributed by atoms with E-state index in [0.29, 0.717) is 6.42 Å². The third kappa shape index (κ3) is 3.84. The van der Waals surface area contributed by atoms with Gasteiger partial charge in [-0.15, -0.1) is 0 Å². The molecule has 0 unspecified atom stereocenters. The Morgan fingerprint density at radius 1 is 1.60 bits per heavy atom. The predicted octanol–water partition coefficient (Wildman–Crippen LogP) is 2.26. The van der Waals surface area contributed by atoms with Crippen LogP contribution in [0.25, 0.3) is 0 Å². The molecule has 0 radical (unpaired) electrons. The minimum absolute atomic E-state index is 0.487. The first-order valence-electron chi connectivity index (χ1n) is 3.23. The lowest BCUT2D eigenvalue weighted by atomic mass is 10.2. The van der Waals surface area contributed by atoms with Crippen LogP contribution in [0.3, 0.4) is 0 Å². The molecule has 0 fully saturated rings. The Bertz CT molecular complexity index is 164. The van der Waals surface area contributed by atoms with Crippen molar-refractivity contribution in [3.05, 3.63) is 36.5 Å². The molecule has 54 valence electrons. The first kappa shape index (κ1) is 8.89. The van der Waals surface area contributed by atoms with Gasteiger partial charge >= 0.3 is 0 Å². The van der Waals surface area contributed by atoms with Gasteiger partial charge in [-0.3, -0.25) is 0 Å². The predicted molar refractivity (Wildman–Crippen MR) is 43.8 cm³/mol. The lowest BCUT2D eigenvalue weighted by Crippen LogP contribution is -1.77. The molecular weight excluding hydrogens is 124 g/mol. The fourth-order valence-electron chi connectivity index (χ4n) is 0.570. The van der Waals surface area contributed by atoms with E-state index < -0.39 is 0 Å². The summed E-state index contributed by atoms with van der Waals surface area (Å²) in [5.41, 5.74) is 1.02. The molecular formula is C9H12O. The molecule has 0 bridgehead atoms. The van der Waals surface area contributed by atoms with Crippen LogP contribution in [0.2, 0.25) is 0 Å². The fourth-order valence-corrected chi connectivity index (χ4v) is 0.570. The summed E-state index contributed by atoms with van der Waals surface area (Å²) >= 11 is 0. The first-order chi connectivity index (χ1) is 4.85. The monoisotopic (exact) mass is 136 g/mol. The van der Waals surface area contributed by atoms with E-state index in [9.17, 15) is 4.79 Å². The Morgan fingerprint density at radius 3 is 2.70 bits per heavy atom. The highest BCUT2D eigenvalue weighted by Crippen LogP contribution is 1.99. The van der Waals surface area contributed by atoms with Gasteiger partial charge in [0.1, 0.15) is 6.29 Å². The maximum absolute atomic E-state index is 10.0. The molecule has 0 aromatic carbocycles. The Kier molecular flexibility index (Phi) is 5.35. The van der Waals surface area contributed by atoms with Gasteiger partial charge in [0.05, 0.1) is 0 Å². The summed E-state index contributed by atoms with van der Waals surface area (Å²) in [5.74, 6) is 0. The zero-order valence-electron chi connectivity index (χ0n) is 6.21. The summed E-state index contributed by atoms with van der Waals surface area (Å²) in [6.07, 6.45) is 8.67. The maximum atomic E-state index is 10.0. The lowest BCUT2D eigenvalue weighted by molar-refractivity contribution is -0.107. The summed E-state index contributed by atoms with van der Waals surface area (Å²) in [6.45, 7) is 5.43. The average molecular weight is 136 g/mol. The molecule has 0 N–H and O–H groups in total. The largest absolute Gasteiger partial charge is 0.303 e. The summed E-state index contributed by atoms with van der Waals surface area (Å²) in [7, 11) is 0. The lowest BCUT2D eigenvalue weighted by Gasteiger charge is -1.89. The highest BCUT2D eigenvalue weighted by molar-refractivity contribution is 5.56. The van der Waals surface area contributed by atoms with Crippen molar-refractivity contribution in [3.8, 4) is 0 Å². The molecule has 0 aliphatic heterocycles. The van der Waals surface area contributed by atoms with Crippen molar-refractivity contribution >= 4 is 6.29 Å². The number of hydrogen-bond acceptors (Lipinski definition) is 1. The molecule has 0 heterocycles. The van der Waals surface area contributed by atoms with Crippen LogP contribution in [-0.2, 0) is 4.79 Å². The molecule has 0 aromatic rings. The van der Waals surface area contributed by atoms with Gasteiger partial charge in [0, 0.05) is 6.42 Å². The van der Waals surface area contributed by atoms with Crippen LogP contribution in [0.15, 0.2) is 36.5 Å². The summed E-state index contributed by atoms with van der Waals surface area (Å²) in [4.78, 5) is 10.0. The van der Waals surface area contributed by atoms with Gasteiger partial charge in [-0.1, -0.05) is 30.9 Å². The van der Waals surface area contributed by atoms with E-state index in [1.807, 2.05) is 25.2 Å². The Labute approximate surface area is 61.8 Å². The van der Waals surface area contributed by atoms with Crippen LogP contribution < -0.4 is 0 Å². The average Bonchev–Trinajstić information content (AvgIpc) is 1.98. The maximum Gasteiger partial charge on any atom is 0.124 e. The molecule has 0 saturated heterocycles. The van der Waals surface area contributed by atoms with Crippen LogP contribution >= 0.6 is 0 Å². The SMILES string of the molecule is C=C/C=C\C(=C/C)CC=O. The molecule has 0 spiro atoms. The number of aldehydes is 1. The van der Waals surface area contributed by atoms with E-state index in [1.165, 1.54) is 0 Å². The molecule has 10 heavy (non-hydrogen) atoms. The second kappa shape index (κ2) is 6.02. The van der Waals surface area contributed by atoms with Crippen molar-refractivity contribution in [2.45, 2.75) is 13.3 Å². The third-order valence-electron chi connectivity index (χ3n) is 1.14. The summed E-state index contributed by atoms with van der Waals surface area (Å²) < 4.78 is 0. The van der Waals surface area contributed by atoms with Crippen molar-refractivity contribution in [3.63, 3.8) is 0 Å². The molecule has 1 nitrogen and oxygen atoms in total. The first-order valence-corrected chi connectivity index (χ1v) is 3.23. The number of hydrogen-bond donors (Lipinski definition) is 0. The van der Waals surface area contributed by atoms with Crippen LogP contribution in [-0.4, -0.2) is 6.29 Å². The smallest absolute Gasteiger partial charge is 0.124 e. The minimum Gasteiger partial charge on any atom is -0.303 e. The fraction of sp³-hybridized carbons (Fsp3) is 0.222. The van der Waals surface area contributed by atoms with Crippen molar-refractivity contribution in [2.24, 2.45) is 0 Å². The van der Waals surface area contributed by atoms with Crippen LogP contribution in [0.1, 0.15) is 13.3 Å². The molecule has 0 aliphatic rings. The van der Waals surface area contributed by atoms with Gasteiger partial charge in [-0.2, -0.15) is 0 Å². The highest BCUT2D eigenvalue weighted by Gasteiger charge is 1.85. The molecule has 0 aliphatic carbocycles. The number of carbonyl (C=O) groups is 1. The third-order valence-corrected chi connectivity index (χ3v) is 1.14. The van der Waals surface area contributed by atoms with Gasteiger partial charge in [0.15, 0.2) is 0 Å². The zero-order chi connectivity index (χ0) is 7.82. The van der Waals surface area contributed by atoms with E-state index in [0.717, 1.165) is 11.9 Å². The van der Waals surface area contributed by atoms with Gasteiger partial charge < -0.3 is 4.79 Å². The molecule has 0 saturated carbocycles. The van der Waals surface area contributed by atoms with E-state index in [2.05, 4.69) is 6.58 Å². The number of rotatable bonds is 4. The minimum atomic E-state index is 0.487. The van der Waals surface area contributed by atoms with Gasteiger partial charge in [0.2, 0.25) is 0 Å². The summed E-state index contributed by atoms with van der Waals surface area (Å²) in [6, 6.07) is 0.